The number of nitrogens with zero attached hydrogens (tertiary/aromatic N) is 1. The molecule has 2 rings (SSSR count). The van der Waals surface area contributed by atoms with Crippen LogP contribution < -0.4 is 10.1 Å². The lowest BCUT2D eigenvalue weighted by Gasteiger charge is -2.18. The predicted molar refractivity (Wildman–Crippen MR) is 108 cm³/mol. The van der Waals surface area contributed by atoms with Gasteiger partial charge in [0.2, 0.25) is 5.91 Å². The normalized spacial score (nSPS) is 10.8. The fourth-order valence-electron chi connectivity index (χ4n) is 3.11. The summed E-state index contributed by atoms with van der Waals surface area (Å²) in [5, 5.41) is 3.05. The molecule has 0 aliphatic carbocycles. The zero-order valence-corrected chi connectivity index (χ0v) is 16.6. The van der Waals surface area contributed by atoms with Gasteiger partial charge in [0.15, 0.2) is 0 Å². The zero-order chi connectivity index (χ0) is 19.1. The van der Waals surface area contributed by atoms with Gasteiger partial charge in [0.1, 0.15) is 5.75 Å². The van der Waals surface area contributed by atoms with Crippen LogP contribution >= 0.6 is 0 Å². The van der Waals surface area contributed by atoms with Crippen molar-refractivity contribution in [2.24, 2.45) is 0 Å². The largest absolute Gasteiger partial charge is 0.494 e. The summed E-state index contributed by atoms with van der Waals surface area (Å²) in [6.07, 6.45) is 0.875. The molecule has 26 heavy (non-hydrogen) atoms. The van der Waals surface area contributed by atoms with Crippen LogP contribution in [0.25, 0.3) is 0 Å². The monoisotopic (exact) mass is 354 g/mol. The molecule has 0 spiro atoms. The highest BCUT2D eigenvalue weighted by atomic mass is 16.5. The molecule has 140 valence electrons. The number of nitrogens with one attached hydrogen (secondary N) is 1. The molecule has 0 unspecified atom stereocenters. The molecule has 0 aromatic heterocycles. The first kappa shape index (κ1) is 20.0. The molecule has 0 atom stereocenters. The van der Waals surface area contributed by atoms with Gasteiger partial charge in [-0.3, -0.25) is 9.69 Å². The Labute approximate surface area is 157 Å². The summed E-state index contributed by atoms with van der Waals surface area (Å²) in [4.78, 5) is 14.3. The highest BCUT2D eigenvalue weighted by molar-refractivity contribution is 5.93. The molecule has 0 aliphatic heterocycles. The van der Waals surface area contributed by atoms with E-state index in [4.69, 9.17) is 4.74 Å². The highest BCUT2D eigenvalue weighted by Gasteiger charge is 2.10. The van der Waals surface area contributed by atoms with Crippen molar-refractivity contribution < 1.29 is 9.53 Å². The van der Waals surface area contributed by atoms with Crippen LogP contribution in [0.4, 0.5) is 5.69 Å². The van der Waals surface area contributed by atoms with Crippen LogP contribution in [0.5, 0.6) is 5.75 Å². The lowest BCUT2D eigenvalue weighted by molar-refractivity contribution is -0.117. The summed E-state index contributed by atoms with van der Waals surface area (Å²) in [6.45, 7) is 10.0. The van der Waals surface area contributed by atoms with Gasteiger partial charge in [-0.05, 0) is 70.0 Å². The number of carbonyl (C=O) groups excluding carboxylic acids is 1. The lowest BCUT2D eigenvalue weighted by Crippen LogP contribution is -2.31. The number of anilines is 1. The summed E-state index contributed by atoms with van der Waals surface area (Å²) in [7, 11) is 1.96. The molecule has 0 fully saturated rings. The van der Waals surface area contributed by atoms with Gasteiger partial charge in [-0.1, -0.05) is 29.8 Å². The number of ether oxygens (including phenoxy) is 1. The molecule has 0 aliphatic rings. The minimum Gasteiger partial charge on any atom is -0.494 e. The van der Waals surface area contributed by atoms with Crippen molar-refractivity contribution in [3.8, 4) is 5.75 Å². The third-order valence-corrected chi connectivity index (χ3v) is 4.30. The van der Waals surface area contributed by atoms with E-state index in [1.807, 2.05) is 44.0 Å². The van der Waals surface area contributed by atoms with E-state index in [1.165, 1.54) is 11.1 Å². The van der Waals surface area contributed by atoms with Gasteiger partial charge in [-0.2, -0.15) is 0 Å². The summed E-state index contributed by atoms with van der Waals surface area (Å²) in [5.74, 6) is 0.915. The first-order chi connectivity index (χ1) is 12.3. The molecule has 0 saturated carbocycles. The third-order valence-electron chi connectivity index (χ3n) is 4.30. The van der Waals surface area contributed by atoms with E-state index in [2.05, 4.69) is 37.4 Å². The van der Waals surface area contributed by atoms with Gasteiger partial charge >= 0.3 is 0 Å². The molecule has 1 N–H and O–H groups in total. The Balaban J connectivity index is 1.74. The van der Waals surface area contributed by atoms with Crippen LogP contribution in [-0.2, 0) is 4.79 Å². The van der Waals surface area contributed by atoms with Crippen molar-refractivity contribution in [3.05, 3.63) is 58.7 Å². The SMILES string of the molecule is Cc1cccc(OCCCN(C)CC(=O)Nc2c(C)cc(C)cc2C)c1. The van der Waals surface area contributed by atoms with E-state index in [-0.39, 0.29) is 5.91 Å². The second kappa shape index (κ2) is 9.39. The molecule has 4 nitrogen and oxygen atoms in total. The average Bonchev–Trinajstić information content (AvgIpc) is 2.55. The zero-order valence-electron chi connectivity index (χ0n) is 16.6. The molecule has 2 aromatic carbocycles. The maximum Gasteiger partial charge on any atom is 0.238 e. The number of carbonyl (C=O) groups is 1. The molecule has 0 radical (unpaired) electrons. The van der Waals surface area contributed by atoms with Crippen LogP contribution in [0.1, 0.15) is 28.7 Å². The maximum atomic E-state index is 12.3. The van der Waals surface area contributed by atoms with E-state index >= 15 is 0 Å². The van der Waals surface area contributed by atoms with Crippen LogP contribution in [0.3, 0.4) is 0 Å². The minimum absolute atomic E-state index is 0.0159. The molecule has 0 saturated heterocycles. The van der Waals surface area contributed by atoms with Crippen LogP contribution in [0, 0.1) is 27.7 Å². The minimum atomic E-state index is 0.0159. The van der Waals surface area contributed by atoms with Gasteiger partial charge in [-0.25, -0.2) is 0 Å². The second-order valence-corrected chi connectivity index (χ2v) is 7.08. The van der Waals surface area contributed by atoms with E-state index < -0.39 is 0 Å². The van der Waals surface area contributed by atoms with Crippen molar-refractivity contribution in [1.82, 2.24) is 4.90 Å². The lowest BCUT2D eigenvalue weighted by atomic mass is 10.1. The van der Waals surface area contributed by atoms with E-state index in [0.717, 1.165) is 35.5 Å². The van der Waals surface area contributed by atoms with Gasteiger partial charge in [0.05, 0.1) is 13.2 Å². The molecule has 0 heterocycles. The van der Waals surface area contributed by atoms with Crippen LogP contribution in [0.15, 0.2) is 36.4 Å². The summed E-state index contributed by atoms with van der Waals surface area (Å²) < 4.78 is 5.75. The van der Waals surface area contributed by atoms with Crippen LogP contribution in [-0.4, -0.2) is 37.6 Å². The highest BCUT2D eigenvalue weighted by Crippen LogP contribution is 2.21. The molecular weight excluding hydrogens is 324 g/mol. The summed E-state index contributed by atoms with van der Waals surface area (Å²) in [6, 6.07) is 12.2. The third kappa shape index (κ3) is 6.19. The number of hydrogen-bond acceptors (Lipinski definition) is 3. The Hall–Kier alpha value is -2.33. The summed E-state index contributed by atoms with van der Waals surface area (Å²) >= 11 is 0. The Morgan fingerprint density at radius 2 is 1.73 bits per heavy atom. The predicted octanol–water partition coefficient (Wildman–Crippen LogP) is 4.26. The Kier molecular flexibility index (Phi) is 7.22. The first-order valence-corrected chi connectivity index (χ1v) is 9.11. The van der Waals surface area contributed by atoms with Crippen molar-refractivity contribution in [3.63, 3.8) is 0 Å². The Bertz CT molecular complexity index is 733. The number of likely N-dealkylation sites (N-methyl/N-ethyl adjacent to an activating group) is 1. The smallest absolute Gasteiger partial charge is 0.238 e. The van der Waals surface area contributed by atoms with E-state index in [0.29, 0.717) is 13.2 Å². The number of amides is 1. The molecule has 4 heteroatoms. The van der Waals surface area contributed by atoms with E-state index in [9.17, 15) is 4.79 Å². The number of hydrogen-bond donors (Lipinski definition) is 1. The van der Waals surface area contributed by atoms with Crippen molar-refractivity contribution in [2.45, 2.75) is 34.1 Å². The van der Waals surface area contributed by atoms with Crippen molar-refractivity contribution in [1.29, 1.82) is 0 Å². The fourth-order valence-corrected chi connectivity index (χ4v) is 3.11. The second-order valence-electron chi connectivity index (χ2n) is 7.08. The molecular formula is C22H30N2O2. The fraction of sp³-hybridized carbons (Fsp3) is 0.409. The first-order valence-electron chi connectivity index (χ1n) is 9.11. The number of rotatable bonds is 8. The topological polar surface area (TPSA) is 41.6 Å². The molecule has 1 amide bonds. The molecule has 0 bridgehead atoms. The molecule has 2 aromatic rings. The standard InChI is InChI=1S/C22H30N2O2/c1-16-8-6-9-20(14-16)26-11-7-10-24(5)15-21(25)23-22-18(3)12-17(2)13-19(22)4/h6,8-9,12-14H,7,10-11,15H2,1-5H3,(H,23,25). The van der Waals surface area contributed by atoms with E-state index in [1.54, 1.807) is 0 Å². The quantitative estimate of drug-likeness (QED) is 0.720. The van der Waals surface area contributed by atoms with Gasteiger partial charge in [0, 0.05) is 12.2 Å². The number of aryl methyl sites for hydroxylation is 4. The Morgan fingerprint density at radius 1 is 1.04 bits per heavy atom. The Morgan fingerprint density at radius 3 is 2.38 bits per heavy atom. The van der Waals surface area contributed by atoms with Crippen molar-refractivity contribution in [2.75, 3.05) is 32.1 Å². The van der Waals surface area contributed by atoms with Gasteiger partial charge < -0.3 is 10.1 Å². The maximum absolute atomic E-state index is 12.3. The van der Waals surface area contributed by atoms with Gasteiger partial charge in [0.25, 0.3) is 0 Å². The van der Waals surface area contributed by atoms with Gasteiger partial charge in [-0.15, -0.1) is 0 Å². The summed E-state index contributed by atoms with van der Waals surface area (Å²) in [5.41, 5.74) is 5.54. The van der Waals surface area contributed by atoms with Crippen LogP contribution in [0.2, 0.25) is 0 Å². The van der Waals surface area contributed by atoms with Crippen molar-refractivity contribution >= 4 is 11.6 Å². The number of benzene rings is 2. The average molecular weight is 354 g/mol.